The van der Waals surface area contributed by atoms with Crippen molar-refractivity contribution in [1.82, 2.24) is 9.97 Å². The van der Waals surface area contributed by atoms with Crippen LogP contribution >= 0.6 is 0 Å². The smallest absolute Gasteiger partial charge is 0.265 e. The number of nitrogens with one attached hydrogen (secondary N) is 2. The number of hydrogen-bond acceptors (Lipinski definition) is 6. The number of aryl methyl sites for hydroxylation is 2. The third kappa shape index (κ3) is 4.58. The minimum Gasteiger partial charge on any atom is -0.495 e. The van der Waals surface area contributed by atoms with Gasteiger partial charge < -0.3 is 10.1 Å². The summed E-state index contributed by atoms with van der Waals surface area (Å²) in [6.07, 6.45) is 4.92. The molecule has 0 unspecified atom stereocenters. The summed E-state index contributed by atoms with van der Waals surface area (Å²) < 4.78 is 33.4. The summed E-state index contributed by atoms with van der Waals surface area (Å²) >= 11 is 0. The van der Waals surface area contributed by atoms with Crippen molar-refractivity contribution in [2.75, 3.05) is 17.1 Å². The number of pyridine rings is 2. The van der Waals surface area contributed by atoms with Gasteiger partial charge in [0.25, 0.3) is 10.0 Å². The van der Waals surface area contributed by atoms with E-state index in [4.69, 9.17) is 4.74 Å². The standard InChI is InChI=1S/C20H22N4O3S/c1-14-10-18(27-3)19(11-15(14)2)28(25,26)24-17-4-5-20(23-13-17)22-12-16-6-8-21-9-7-16/h4-11,13,24H,12H2,1-3H3,(H,22,23). The normalized spacial score (nSPS) is 11.1. The number of nitrogens with zero attached hydrogens (tertiary/aromatic N) is 2. The first-order valence-electron chi connectivity index (χ1n) is 8.66. The largest absolute Gasteiger partial charge is 0.495 e. The maximum atomic E-state index is 12.8. The first kappa shape index (κ1) is 19.6. The predicted molar refractivity (Wildman–Crippen MR) is 109 cm³/mol. The molecule has 2 N–H and O–H groups in total. The first-order chi connectivity index (χ1) is 13.4. The van der Waals surface area contributed by atoms with E-state index in [0.29, 0.717) is 23.8 Å². The molecule has 8 heteroatoms. The Bertz CT molecular complexity index is 1050. The molecule has 146 valence electrons. The van der Waals surface area contributed by atoms with Crippen LogP contribution in [-0.2, 0) is 16.6 Å². The zero-order valence-electron chi connectivity index (χ0n) is 15.9. The van der Waals surface area contributed by atoms with E-state index in [2.05, 4.69) is 20.0 Å². The molecule has 0 aliphatic rings. The van der Waals surface area contributed by atoms with E-state index in [0.717, 1.165) is 16.7 Å². The zero-order chi connectivity index (χ0) is 20.1. The van der Waals surface area contributed by atoms with E-state index in [-0.39, 0.29) is 4.90 Å². The summed E-state index contributed by atoms with van der Waals surface area (Å²) in [4.78, 5) is 8.33. The molecule has 7 nitrogen and oxygen atoms in total. The molecule has 2 heterocycles. The van der Waals surface area contributed by atoms with Crippen LogP contribution in [0.15, 0.2) is 59.9 Å². The molecular formula is C20H22N4O3S. The molecule has 0 atom stereocenters. The van der Waals surface area contributed by atoms with Gasteiger partial charge in [-0.15, -0.1) is 0 Å². The maximum Gasteiger partial charge on any atom is 0.265 e. The Balaban J connectivity index is 1.73. The van der Waals surface area contributed by atoms with Crippen LogP contribution in [0.5, 0.6) is 5.75 Å². The van der Waals surface area contributed by atoms with Crippen molar-refractivity contribution in [3.05, 3.63) is 71.7 Å². The average molecular weight is 398 g/mol. The highest BCUT2D eigenvalue weighted by Crippen LogP contribution is 2.29. The Morgan fingerprint density at radius 2 is 1.75 bits per heavy atom. The number of sulfonamides is 1. The number of methoxy groups -OCH3 is 1. The molecule has 3 aromatic rings. The zero-order valence-corrected chi connectivity index (χ0v) is 16.7. The summed E-state index contributed by atoms with van der Waals surface area (Å²) in [6, 6.07) is 10.5. The van der Waals surface area contributed by atoms with E-state index in [1.54, 1.807) is 36.7 Å². The highest BCUT2D eigenvalue weighted by molar-refractivity contribution is 7.92. The van der Waals surface area contributed by atoms with Crippen molar-refractivity contribution in [1.29, 1.82) is 0 Å². The Morgan fingerprint density at radius 3 is 2.39 bits per heavy atom. The lowest BCUT2D eigenvalue weighted by Crippen LogP contribution is -2.15. The minimum absolute atomic E-state index is 0.0954. The molecule has 1 aromatic carbocycles. The monoisotopic (exact) mass is 398 g/mol. The molecule has 0 amide bonds. The second-order valence-corrected chi connectivity index (χ2v) is 7.98. The predicted octanol–water partition coefficient (Wildman–Crippen LogP) is 3.51. The third-order valence-corrected chi connectivity index (χ3v) is 5.71. The molecule has 0 aliphatic heterocycles. The summed E-state index contributed by atoms with van der Waals surface area (Å²) in [5.41, 5.74) is 3.27. The van der Waals surface area contributed by atoms with E-state index in [9.17, 15) is 8.42 Å². The van der Waals surface area contributed by atoms with Crippen LogP contribution in [0, 0.1) is 13.8 Å². The van der Waals surface area contributed by atoms with Gasteiger partial charge in [0, 0.05) is 18.9 Å². The molecule has 2 aromatic heterocycles. The molecule has 0 fully saturated rings. The number of hydrogen-bond donors (Lipinski definition) is 2. The van der Waals surface area contributed by atoms with Crippen LogP contribution < -0.4 is 14.8 Å². The van der Waals surface area contributed by atoms with Gasteiger partial charge in [0.2, 0.25) is 0 Å². The van der Waals surface area contributed by atoms with Crippen LogP contribution in [0.1, 0.15) is 16.7 Å². The van der Waals surface area contributed by atoms with Gasteiger partial charge in [-0.1, -0.05) is 0 Å². The van der Waals surface area contributed by atoms with Crippen molar-refractivity contribution in [3.63, 3.8) is 0 Å². The van der Waals surface area contributed by atoms with Gasteiger partial charge in [-0.2, -0.15) is 0 Å². The second kappa shape index (κ2) is 8.26. The maximum absolute atomic E-state index is 12.8. The molecule has 28 heavy (non-hydrogen) atoms. The van der Waals surface area contributed by atoms with E-state index >= 15 is 0 Å². The van der Waals surface area contributed by atoms with Gasteiger partial charge in [-0.25, -0.2) is 13.4 Å². The molecule has 0 saturated heterocycles. The highest BCUT2D eigenvalue weighted by atomic mass is 32.2. The third-order valence-electron chi connectivity index (χ3n) is 4.31. The van der Waals surface area contributed by atoms with Crippen molar-refractivity contribution < 1.29 is 13.2 Å². The van der Waals surface area contributed by atoms with Gasteiger partial charge in [-0.05, 0) is 66.9 Å². The van der Waals surface area contributed by atoms with E-state index < -0.39 is 10.0 Å². The van der Waals surface area contributed by atoms with Crippen LogP contribution in [0.4, 0.5) is 11.5 Å². The number of ether oxygens (including phenoxy) is 1. The Morgan fingerprint density at radius 1 is 1.04 bits per heavy atom. The lowest BCUT2D eigenvalue weighted by Gasteiger charge is -2.14. The first-order valence-corrected chi connectivity index (χ1v) is 10.1. The minimum atomic E-state index is -3.81. The summed E-state index contributed by atoms with van der Waals surface area (Å²) in [5.74, 6) is 0.947. The topological polar surface area (TPSA) is 93.2 Å². The van der Waals surface area contributed by atoms with E-state index in [1.807, 2.05) is 26.0 Å². The van der Waals surface area contributed by atoms with Crippen LogP contribution in [0.3, 0.4) is 0 Å². The molecule has 0 spiro atoms. The fourth-order valence-electron chi connectivity index (χ4n) is 2.59. The van der Waals surface area contributed by atoms with Gasteiger partial charge in [0.15, 0.2) is 0 Å². The van der Waals surface area contributed by atoms with Gasteiger partial charge in [0.05, 0.1) is 19.0 Å². The highest BCUT2D eigenvalue weighted by Gasteiger charge is 2.21. The SMILES string of the molecule is COc1cc(C)c(C)cc1S(=O)(=O)Nc1ccc(NCc2ccncc2)nc1. The van der Waals surface area contributed by atoms with Crippen molar-refractivity contribution in [3.8, 4) is 5.75 Å². The van der Waals surface area contributed by atoms with E-state index in [1.165, 1.54) is 13.3 Å². The van der Waals surface area contributed by atoms with Crippen LogP contribution in [-0.4, -0.2) is 25.5 Å². The molecule has 0 aliphatic carbocycles. The van der Waals surface area contributed by atoms with Crippen molar-refractivity contribution in [2.45, 2.75) is 25.3 Å². The number of anilines is 2. The Hall–Kier alpha value is -3.13. The lowest BCUT2D eigenvalue weighted by atomic mass is 10.1. The van der Waals surface area contributed by atoms with Crippen molar-refractivity contribution in [2.24, 2.45) is 0 Å². The number of aromatic nitrogens is 2. The lowest BCUT2D eigenvalue weighted by molar-refractivity contribution is 0.402. The quantitative estimate of drug-likeness (QED) is 0.633. The van der Waals surface area contributed by atoms with Crippen molar-refractivity contribution >= 4 is 21.5 Å². The summed E-state index contributed by atoms with van der Waals surface area (Å²) in [7, 11) is -2.35. The summed E-state index contributed by atoms with van der Waals surface area (Å²) in [5, 5.41) is 3.18. The number of benzene rings is 1. The molecule has 0 saturated carbocycles. The second-order valence-electron chi connectivity index (χ2n) is 6.33. The Kier molecular flexibility index (Phi) is 5.79. The van der Waals surface area contributed by atoms with Gasteiger partial charge in [-0.3, -0.25) is 9.71 Å². The average Bonchev–Trinajstić information content (AvgIpc) is 2.69. The molecule has 3 rings (SSSR count). The summed E-state index contributed by atoms with van der Waals surface area (Å²) in [6.45, 7) is 4.36. The number of rotatable bonds is 7. The fraction of sp³-hybridized carbons (Fsp3) is 0.200. The van der Waals surface area contributed by atoms with Crippen LogP contribution in [0.25, 0.3) is 0 Å². The van der Waals surface area contributed by atoms with Gasteiger partial charge >= 0.3 is 0 Å². The molecule has 0 radical (unpaired) electrons. The Labute approximate surface area is 164 Å². The molecular weight excluding hydrogens is 376 g/mol. The van der Waals surface area contributed by atoms with Gasteiger partial charge in [0.1, 0.15) is 16.5 Å². The van der Waals surface area contributed by atoms with Crippen LogP contribution in [0.2, 0.25) is 0 Å². The fourth-order valence-corrected chi connectivity index (χ4v) is 3.87. The molecule has 0 bridgehead atoms.